The molecule has 1 atom stereocenters. The summed E-state index contributed by atoms with van der Waals surface area (Å²) in [6.45, 7) is 3.68. The van der Waals surface area contributed by atoms with Crippen LogP contribution in [0.5, 0.6) is 0 Å². The normalized spacial score (nSPS) is 14.7. The zero-order valence-corrected chi connectivity index (χ0v) is 10.1. The zero-order valence-electron chi connectivity index (χ0n) is 9.27. The van der Waals surface area contributed by atoms with Gasteiger partial charge in [0.1, 0.15) is 11.4 Å². The van der Waals surface area contributed by atoms with Gasteiger partial charge >= 0.3 is 0 Å². The van der Waals surface area contributed by atoms with Crippen LogP contribution in [0.4, 0.5) is 5.82 Å². The largest absolute Gasteiger partial charge is 0.383 e. The molecule has 0 aliphatic rings. The number of aliphatic hydroxyl groups is 1. The molecule has 0 aliphatic heterocycles. The molecule has 1 unspecified atom stereocenters. The fraction of sp³-hybridized carbons (Fsp3) is 0.250. The van der Waals surface area contributed by atoms with Crippen molar-refractivity contribution in [2.24, 2.45) is 0 Å². The Kier molecular flexibility index (Phi) is 2.69. The van der Waals surface area contributed by atoms with Crippen LogP contribution in [0, 0.1) is 6.92 Å². The summed E-state index contributed by atoms with van der Waals surface area (Å²) in [6.07, 6.45) is 1.65. The highest BCUT2D eigenvalue weighted by atomic mass is 32.1. The van der Waals surface area contributed by atoms with Crippen molar-refractivity contribution in [3.8, 4) is 0 Å². The van der Waals surface area contributed by atoms with Crippen LogP contribution in [0.3, 0.4) is 0 Å². The van der Waals surface area contributed by atoms with Crippen molar-refractivity contribution >= 4 is 17.2 Å². The number of rotatable bonds is 2. The lowest BCUT2D eigenvalue weighted by molar-refractivity contribution is 0.106. The number of thiophene rings is 1. The van der Waals surface area contributed by atoms with E-state index in [1.807, 2.05) is 30.5 Å². The molecule has 2 aromatic rings. The first-order chi connectivity index (χ1) is 7.53. The van der Waals surface area contributed by atoms with Gasteiger partial charge in [-0.1, -0.05) is 6.07 Å². The standard InChI is InChI=1S/C12H14N2OS/c1-8-5-6-14-11(13)10(8)12(2,15)9-4-3-7-16-9/h3-7,15H,1-2H3,(H2,13,14). The van der Waals surface area contributed by atoms with E-state index in [-0.39, 0.29) is 0 Å². The van der Waals surface area contributed by atoms with Crippen molar-refractivity contribution in [2.75, 3.05) is 5.73 Å². The van der Waals surface area contributed by atoms with Crippen LogP contribution in [0.15, 0.2) is 29.8 Å². The third-order valence-electron chi connectivity index (χ3n) is 2.68. The van der Waals surface area contributed by atoms with Crippen LogP contribution in [0.1, 0.15) is 22.9 Å². The molecular formula is C12H14N2OS. The minimum absolute atomic E-state index is 0.387. The summed E-state index contributed by atoms with van der Waals surface area (Å²) < 4.78 is 0. The van der Waals surface area contributed by atoms with E-state index in [0.717, 1.165) is 10.4 Å². The molecule has 0 radical (unpaired) electrons. The summed E-state index contributed by atoms with van der Waals surface area (Å²) >= 11 is 1.51. The second-order valence-electron chi connectivity index (χ2n) is 3.94. The maximum atomic E-state index is 10.6. The van der Waals surface area contributed by atoms with Crippen LogP contribution in [-0.4, -0.2) is 10.1 Å². The van der Waals surface area contributed by atoms with E-state index in [2.05, 4.69) is 4.98 Å². The number of hydrogen-bond acceptors (Lipinski definition) is 4. The maximum Gasteiger partial charge on any atom is 0.130 e. The Labute approximate surface area is 98.6 Å². The predicted octanol–water partition coefficient (Wildman–Crippen LogP) is 2.29. The second-order valence-corrected chi connectivity index (χ2v) is 4.89. The molecule has 84 valence electrons. The minimum atomic E-state index is -1.07. The van der Waals surface area contributed by atoms with Crippen LogP contribution in [-0.2, 0) is 5.60 Å². The van der Waals surface area contributed by atoms with Crippen molar-refractivity contribution in [3.63, 3.8) is 0 Å². The van der Waals surface area contributed by atoms with Gasteiger partial charge in [-0.05, 0) is 36.9 Å². The molecule has 4 heteroatoms. The highest BCUT2D eigenvalue weighted by Gasteiger charge is 2.30. The molecule has 0 spiro atoms. The molecule has 16 heavy (non-hydrogen) atoms. The highest BCUT2D eigenvalue weighted by molar-refractivity contribution is 7.10. The fourth-order valence-electron chi connectivity index (χ4n) is 1.89. The number of nitrogen functional groups attached to an aromatic ring is 1. The summed E-state index contributed by atoms with van der Waals surface area (Å²) in [6, 6.07) is 5.67. The number of nitrogens with zero attached hydrogens (tertiary/aromatic N) is 1. The van der Waals surface area contributed by atoms with Gasteiger partial charge < -0.3 is 10.8 Å². The molecule has 0 aromatic carbocycles. The number of nitrogens with two attached hydrogens (primary N) is 1. The summed E-state index contributed by atoms with van der Waals surface area (Å²) in [4.78, 5) is 4.91. The van der Waals surface area contributed by atoms with E-state index in [9.17, 15) is 5.11 Å². The number of anilines is 1. The van der Waals surface area contributed by atoms with E-state index in [4.69, 9.17) is 5.73 Å². The average Bonchev–Trinajstić information content (AvgIpc) is 2.69. The van der Waals surface area contributed by atoms with Gasteiger partial charge in [0, 0.05) is 16.6 Å². The van der Waals surface area contributed by atoms with Gasteiger partial charge in [0.15, 0.2) is 0 Å². The Morgan fingerprint density at radius 2 is 2.19 bits per heavy atom. The van der Waals surface area contributed by atoms with Crippen molar-refractivity contribution in [2.45, 2.75) is 19.4 Å². The SMILES string of the molecule is Cc1ccnc(N)c1C(C)(O)c1cccs1. The number of hydrogen-bond donors (Lipinski definition) is 2. The lowest BCUT2D eigenvalue weighted by Crippen LogP contribution is -2.24. The topological polar surface area (TPSA) is 59.1 Å². The van der Waals surface area contributed by atoms with Crippen molar-refractivity contribution in [3.05, 3.63) is 45.8 Å². The molecule has 3 nitrogen and oxygen atoms in total. The monoisotopic (exact) mass is 234 g/mol. The Bertz CT molecular complexity index is 471. The number of aromatic nitrogens is 1. The smallest absolute Gasteiger partial charge is 0.130 e. The molecule has 2 heterocycles. The Hall–Kier alpha value is -1.39. The van der Waals surface area contributed by atoms with Crippen molar-refractivity contribution in [1.82, 2.24) is 4.98 Å². The second kappa shape index (κ2) is 3.88. The Balaban J connectivity index is 2.60. The molecule has 0 amide bonds. The summed E-state index contributed by atoms with van der Waals surface area (Å²) in [5, 5.41) is 12.5. The first-order valence-corrected chi connectivity index (χ1v) is 5.89. The summed E-state index contributed by atoms with van der Waals surface area (Å²) in [7, 11) is 0. The fourth-order valence-corrected chi connectivity index (χ4v) is 2.68. The number of aryl methyl sites for hydroxylation is 1. The number of pyridine rings is 1. The Morgan fingerprint density at radius 1 is 1.44 bits per heavy atom. The predicted molar refractivity (Wildman–Crippen MR) is 66.4 cm³/mol. The molecule has 0 saturated carbocycles. The molecule has 3 N–H and O–H groups in total. The Morgan fingerprint density at radius 3 is 2.75 bits per heavy atom. The van der Waals surface area contributed by atoms with E-state index < -0.39 is 5.60 Å². The van der Waals surface area contributed by atoms with Crippen LogP contribution in [0.25, 0.3) is 0 Å². The van der Waals surface area contributed by atoms with Crippen molar-refractivity contribution < 1.29 is 5.11 Å². The molecule has 2 aromatic heterocycles. The van der Waals surface area contributed by atoms with Crippen molar-refractivity contribution in [1.29, 1.82) is 0 Å². The molecule has 0 aliphatic carbocycles. The lowest BCUT2D eigenvalue weighted by atomic mass is 9.91. The van der Waals surface area contributed by atoms with Gasteiger partial charge in [0.2, 0.25) is 0 Å². The third kappa shape index (κ3) is 1.70. The van der Waals surface area contributed by atoms with E-state index in [1.165, 1.54) is 11.3 Å². The van der Waals surface area contributed by atoms with Gasteiger partial charge in [0.25, 0.3) is 0 Å². The quantitative estimate of drug-likeness (QED) is 0.838. The van der Waals surface area contributed by atoms with Gasteiger partial charge in [-0.15, -0.1) is 11.3 Å². The maximum absolute atomic E-state index is 10.6. The highest BCUT2D eigenvalue weighted by Crippen LogP contribution is 2.36. The van der Waals surface area contributed by atoms with Crippen LogP contribution >= 0.6 is 11.3 Å². The van der Waals surface area contributed by atoms with Crippen LogP contribution < -0.4 is 5.73 Å². The third-order valence-corrected chi connectivity index (χ3v) is 3.76. The lowest BCUT2D eigenvalue weighted by Gasteiger charge is -2.25. The molecule has 0 bridgehead atoms. The van der Waals surface area contributed by atoms with E-state index in [1.54, 1.807) is 13.1 Å². The van der Waals surface area contributed by atoms with Crippen LogP contribution in [0.2, 0.25) is 0 Å². The minimum Gasteiger partial charge on any atom is -0.383 e. The first-order valence-electron chi connectivity index (χ1n) is 5.01. The van der Waals surface area contributed by atoms with Gasteiger partial charge in [-0.3, -0.25) is 0 Å². The average molecular weight is 234 g/mol. The summed E-state index contributed by atoms with van der Waals surface area (Å²) in [5.41, 5.74) is 6.42. The zero-order chi connectivity index (χ0) is 11.8. The molecule has 0 fully saturated rings. The summed E-state index contributed by atoms with van der Waals surface area (Å²) in [5.74, 6) is 0.387. The van der Waals surface area contributed by atoms with Gasteiger partial charge in [0.05, 0.1) is 0 Å². The molecule has 2 rings (SSSR count). The van der Waals surface area contributed by atoms with E-state index in [0.29, 0.717) is 11.4 Å². The first kappa shape index (κ1) is 11.1. The molecule has 0 saturated heterocycles. The van der Waals surface area contributed by atoms with Gasteiger partial charge in [-0.25, -0.2) is 4.98 Å². The van der Waals surface area contributed by atoms with E-state index >= 15 is 0 Å². The molecular weight excluding hydrogens is 220 g/mol. The van der Waals surface area contributed by atoms with Gasteiger partial charge in [-0.2, -0.15) is 0 Å².